The maximum atomic E-state index is 12.2. The minimum Gasteiger partial charge on any atom is -0.508 e. The van der Waals surface area contributed by atoms with Crippen molar-refractivity contribution >= 4 is 0 Å². The molecule has 4 atom stereocenters. The maximum Gasteiger partial charge on any atom is 0.477 e. The van der Waals surface area contributed by atoms with E-state index in [1.54, 1.807) is 0 Å². The van der Waals surface area contributed by atoms with Crippen molar-refractivity contribution < 1.29 is 35.2 Å². The van der Waals surface area contributed by atoms with E-state index < -0.39 is 0 Å². The van der Waals surface area contributed by atoms with E-state index in [9.17, 15) is 25.3 Å². The van der Waals surface area contributed by atoms with E-state index in [1.165, 1.54) is 23.3 Å². The third-order valence-electron chi connectivity index (χ3n) is 13.0. The number of nitrogens with zero attached hydrogens (tertiary/aromatic N) is 1. The number of unbranched alkanes of at least 4 members (excludes halogenated alkanes) is 6. The number of hydrogen-bond donors (Lipinski definition) is 4. The summed E-state index contributed by atoms with van der Waals surface area (Å²) in [5, 5.41) is 43.5. The summed E-state index contributed by atoms with van der Waals surface area (Å²) in [7, 11) is 0. The fraction of sp³-hybridized carbons (Fsp3) is 0.600. The molecule has 2 aromatic rings. The van der Waals surface area contributed by atoms with Crippen molar-refractivity contribution in [1.82, 2.24) is 0 Å². The molecule has 0 amide bonds. The average Bonchev–Trinajstić information content (AvgIpc) is 3.13. The van der Waals surface area contributed by atoms with Gasteiger partial charge in [0.2, 0.25) is 0 Å². The first-order valence-corrected chi connectivity index (χ1v) is 21.8. The third-order valence-corrected chi connectivity index (χ3v) is 13.0. The van der Waals surface area contributed by atoms with E-state index in [4.69, 9.17) is 9.68 Å². The molecular weight excluding hydrogens is 727 g/mol. The Hall–Kier alpha value is -4.20. The van der Waals surface area contributed by atoms with Gasteiger partial charge in [0, 0.05) is 35.1 Å². The molecule has 0 aromatic heterocycles. The quantitative estimate of drug-likeness (QED) is 0.0532. The van der Waals surface area contributed by atoms with Gasteiger partial charge in [-0.05, 0) is 138 Å². The molecule has 0 fully saturated rings. The second-order valence-electron chi connectivity index (χ2n) is 18.9. The minimum atomic E-state index is -0.267. The highest BCUT2D eigenvalue weighted by atomic mass is 17.0. The van der Waals surface area contributed by atoms with Crippen molar-refractivity contribution in [1.29, 1.82) is 0 Å². The van der Waals surface area contributed by atoms with Crippen LogP contribution in [0.3, 0.4) is 0 Å². The van der Waals surface area contributed by atoms with Crippen LogP contribution in [0.25, 0.3) is 0 Å². The van der Waals surface area contributed by atoms with Crippen molar-refractivity contribution in [2.24, 2.45) is 11.8 Å². The lowest BCUT2D eigenvalue weighted by Gasteiger charge is -2.36. The van der Waals surface area contributed by atoms with E-state index in [0.717, 1.165) is 123 Å². The van der Waals surface area contributed by atoms with Crippen LogP contribution in [-0.4, -0.2) is 38.7 Å². The summed E-state index contributed by atoms with van der Waals surface area (Å²) in [6, 6.07) is 6.59. The van der Waals surface area contributed by atoms with Crippen LogP contribution in [0, 0.1) is 16.7 Å². The van der Waals surface area contributed by atoms with E-state index >= 15 is 0 Å². The van der Waals surface area contributed by atoms with Gasteiger partial charge in [0.15, 0.2) is 13.2 Å². The van der Waals surface area contributed by atoms with Gasteiger partial charge in [0.25, 0.3) is 0 Å². The Kier molecular flexibility index (Phi) is 16.6. The molecule has 8 heteroatoms. The van der Waals surface area contributed by atoms with E-state index in [2.05, 4.69) is 80.7 Å². The topological polar surface area (TPSA) is 119 Å². The number of phenolic OH excluding ortho intramolecular Hbond substituents is 4. The molecule has 0 heterocycles. The molecule has 0 bridgehead atoms. The molecule has 4 unspecified atom stereocenters. The molecule has 320 valence electrons. The van der Waals surface area contributed by atoms with Crippen molar-refractivity contribution in [2.75, 3.05) is 13.2 Å². The first-order valence-electron chi connectivity index (χ1n) is 21.8. The number of hydrogen-bond acceptors (Lipinski definition) is 7. The van der Waals surface area contributed by atoms with Crippen LogP contribution in [0.1, 0.15) is 179 Å². The van der Waals surface area contributed by atoms with E-state index in [-0.39, 0.29) is 75.8 Å². The lowest BCUT2D eigenvalue weighted by molar-refractivity contribution is -0.981. The van der Waals surface area contributed by atoms with Gasteiger partial charge in [0.05, 0.1) is 0 Å². The highest BCUT2D eigenvalue weighted by Crippen LogP contribution is 2.50. The number of rotatable bonds is 22. The van der Waals surface area contributed by atoms with Gasteiger partial charge in [-0.15, -0.1) is 0 Å². The largest absolute Gasteiger partial charge is 0.508 e. The zero-order valence-corrected chi connectivity index (χ0v) is 37.0. The molecule has 2 aromatic carbocycles. The number of benzene rings is 2. The molecule has 8 nitrogen and oxygen atoms in total. The highest BCUT2D eigenvalue weighted by Gasteiger charge is 2.36. The summed E-state index contributed by atoms with van der Waals surface area (Å²) in [5.41, 5.74) is 8.12. The van der Waals surface area contributed by atoms with Crippen molar-refractivity contribution in [3.63, 3.8) is 0 Å². The van der Waals surface area contributed by atoms with Gasteiger partial charge in [-0.2, -0.15) is 9.68 Å². The zero-order valence-electron chi connectivity index (χ0n) is 37.0. The monoisotopic (exact) mass is 801 g/mol. The molecule has 4 rings (SSSR count). The summed E-state index contributed by atoms with van der Waals surface area (Å²) in [5.74, 6) is 0.998. The molecule has 0 aliphatic heterocycles. The van der Waals surface area contributed by atoms with Crippen LogP contribution < -0.4 is 0 Å². The Morgan fingerprint density at radius 3 is 1.36 bits per heavy atom. The van der Waals surface area contributed by atoms with Gasteiger partial charge in [0.1, 0.15) is 27.9 Å². The zero-order chi connectivity index (χ0) is 42.8. The van der Waals surface area contributed by atoms with Crippen LogP contribution in [0.4, 0.5) is 0 Å². The molecular formula is C50H74NO7+. The van der Waals surface area contributed by atoms with Crippen molar-refractivity contribution in [3.8, 4) is 23.0 Å². The van der Waals surface area contributed by atoms with Crippen LogP contribution in [0.5, 0.6) is 23.0 Å². The molecule has 0 spiro atoms. The minimum absolute atomic E-state index is 0.0275. The number of phenols is 4. The molecule has 2 aliphatic carbocycles. The summed E-state index contributed by atoms with van der Waals surface area (Å²) in [6.45, 7) is 26.3. The first kappa shape index (κ1) is 46.5. The molecule has 58 heavy (non-hydrogen) atoms. The Bertz CT molecular complexity index is 1690. The van der Waals surface area contributed by atoms with Gasteiger partial charge in [-0.25, -0.2) is 0 Å². The Labute approximate surface area is 349 Å². The lowest BCUT2D eigenvalue weighted by atomic mass is 9.68. The molecule has 0 saturated heterocycles. The summed E-state index contributed by atoms with van der Waals surface area (Å²) >= 11 is 0. The molecule has 0 saturated carbocycles. The molecule has 0 radical (unpaired) electrons. The molecule has 4 N–H and O–H groups in total. The SMILES string of the molecule is C=C(C)C1CCC(C)=CC1c1c(O)cc(O)cc1C(C)(C)CCCCCCO[N+](=O)OCCCCCCC(C)(C)c1cc(O)cc(O)c1C1C=C(C)CCC1C(=C)C. The normalized spacial score (nSPS) is 19.9. The maximum absolute atomic E-state index is 12.2. The van der Waals surface area contributed by atoms with Crippen LogP contribution >= 0.6 is 0 Å². The average molecular weight is 801 g/mol. The summed E-state index contributed by atoms with van der Waals surface area (Å²) < 4.78 is 0. The second-order valence-corrected chi connectivity index (χ2v) is 18.9. The van der Waals surface area contributed by atoms with E-state index in [0.29, 0.717) is 0 Å². The standard InChI is InChI=1S/C50H73NO7/c1-33(2)39-21-19-35(5)27-41(39)47-43(29-37(52)31-45(47)54)49(7,8)23-15-11-13-17-25-57-51(56)58-26-18-14-12-16-24-50(9,10)44-30-38(53)32-46(55)48(44)42-28-36(6)20-22-40(42)34(3)4/h27-32,39-42H,1,3,11-26H2,2,4-10H3,(H3-,52,53,54,55)/p+1. The Morgan fingerprint density at radius 1 is 0.638 bits per heavy atom. The van der Waals surface area contributed by atoms with E-state index in [1.807, 2.05) is 12.1 Å². The highest BCUT2D eigenvalue weighted by molar-refractivity contribution is 5.54. The van der Waals surface area contributed by atoms with Crippen LogP contribution in [0.15, 0.2) is 71.9 Å². The smallest absolute Gasteiger partial charge is 0.477 e. The third kappa shape index (κ3) is 12.4. The van der Waals surface area contributed by atoms with Crippen molar-refractivity contribution in [2.45, 2.75) is 168 Å². The predicted octanol–water partition coefficient (Wildman–Crippen LogP) is 13.3. The van der Waals surface area contributed by atoms with Gasteiger partial charge < -0.3 is 20.4 Å². The van der Waals surface area contributed by atoms with Gasteiger partial charge in [-0.3, -0.25) is 0 Å². The van der Waals surface area contributed by atoms with Crippen molar-refractivity contribution in [3.05, 3.63) is 99.0 Å². The van der Waals surface area contributed by atoms with Gasteiger partial charge in [-0.1, -0.05) is 101 Å². The summed E-state index contributed by atoms with van der Waals surface area (Å²) in [4.78, 5) is 22.7. The lowest BCUT2D eigenvalue weighted by Crippen LogP contribution is -2.24. The van der Waals surface area contributed by atoms with Gasteiger partial charge >= 0.3 is 5.09 Å². The fourth-order valence-corrected chi connectivity index (χ4v) is 9.51. The fourth-order valence-electron chi connectivity index (χ4n) is 9.51. The Morgan fingerprint density at radius 2 is 1.00 bits per heavy atom. The first-order chi connectivity index (χ1) is 27.3. The number of aromatic hydroxyl groups is 4. The molecule has 2 aliphatic rings. The van der Waals surface area contributed by atoms with Crippen LogP contribution in [0.2, 0.25) is 0 Å². The van der Waals surface area contributed by atoms with Crippen LogP contribution in [-0.2, 0) is 20.5 Å². The summed E-state index contributed by atoms with van der Waals surface area (Å²) in [6.07, 6.45) is 17.6. The Balaban J connectivity index is 1.15. The predicted molar refractivity (Wildman–Crippen MR) is 235 cm³/mol. The second kappa shape index (κ2) is 20.7. The number of allylic oxidation sites excluding steroid dienone is 6.